The van der Waals surface area contributed by atoms with Crippen LogP contribution in [0.4, 0.5) is 0 Å². The SMILES string of the molecule is CC(C)(C)n1nnc(C2CCCCN2)n1. The summed E-state index contributed by atoms with van der Waals surface area (Å²) >= 11 is 0. The van der Waals surface area contributed by atoms with Gasteiger partial charge in [-0.1, -0.05) is 6.42 Å². The summed E-state index contributed by atoms with van der Waals surface area (Å²) in [6, 6.07) is 0.301. The van der Waals surface area contributed by atoms with Crippen molar-refractivity contribution in [3.8, 4) is 0 Å². The Kier molecular flexibility index (Phi) is 2.73. The highest BCUT2D eigenvalue weighted by Gasteiger charge is 2.22. The standard InChI is InChI=1S/C10H19N5/c1-10(2,3)15-13-9(12-14-15)8-6-4-5-7-11-8/h8,11H,4-7H2,1-3H3. The summed E-state index contributed by atoms with van der Waals surface area (Å²) in [5.41, 5.74) is -0.0834. The van der Waals surface area contributed by atoms with Crippen LogP contribution in [-0.2, 0) is 5.54 Å². The summed E-state index contributed by atoms with van der Waals surface area (Å²) in [4.78, 5) is 1.69. The van der Waals surface area contributed by atoms with Gasteiger partial charge in [-0.05, 0) is 45.4 Å². The van der Waals surface area contributed by atoms with Crippen molar-refractivity contribution in [2.75, 3.05) is 6.54 Å². The Morgan fingerprint density at radius 2 is 2.13 bits per heavy atom. The summed E-state index contributed by atoms with van der Waals surface area (Å²) in [6.07, 6.45) is 3.63. The molecule has 1 atom stereocenters. The van der Waals surface area contributed by atoms with Crippen LogP contribution >= 0.6 is 0 Å². The molecule has 0 spiro atoms. The third-order valence-corrected chi connectivity index (χ3v) is 2.65. The van der Waals surface area contributed by atoms with Gasteiger partial charge in [0, 0.05) is 0 Å². The van der Waals surface area contributed by atoms with Crippen molar-refractivity contribution in [1.29, 1.82) is 0 Å². The minimum absolute atomic E-state index is 0.0834. The van der Waals surface area contributed by atoms with Crippen molar-refractivity contribution in [2.45, 2.75) is 51.6 Å². The lowest BCUT2D eigenvalue weighted by Gasteiger charge is -2.20. The first-order valence-corrected chi connectivity index (χ1v) is 5.61. The highest BCUT2D eigenvalue weighted by molar-refractivity contribution is 4.91. The highest BCUT2D eigenvalue weighted by atomic mass is 15.6. The van der Waals surface area contributed by atoms with E-state index in [-0.39, 0.29) is 5.54 Å². The molecule has 5 heteroatoms. The Morgan fingerprint density at radius 1 is 1.33 bits per heavy atom. The number of aromatic nitrogens is 4. The van der Waals surface area contributed by atoms with Crippen LogP contribution in [0.2, 0.25) is 0 Å². The molecule has 5 nitrogen and oxygen atoms in total. The first-order valence-electron chi connectivity index (χ1n) is 5.61. The zero-order valence-electron chi connectivity index (χ0n) is 9.69. The topological polar surface area (TPSA) is 55.6 Å². The van der Waals surface area contributed by atoms with E-state index >= 15 is 0 Å². The summed E-state index contributed by atoms with van der Waals surface area (Å²) < 4.78 is 0. The minimum atomic E-state index is -0.0834. The predicted octanol–water partition coefficient (Wildman–Crippen LogP) is 1.24. The Balaban J connectivity index is 2.12. The fourth-order valence-corrected chi connectivity index (χ4v) is 1.72. The second kappa shape index (κ2) is 3.89. The molecule has 1 N–H and O–H groups in total. The van der Waals surface area contributed by atoms with Crippen molar-refractivity contribution in [3.05, 3.63) is 5.82 Å². The van der Waals surface area contributed by atoms with Crippen LogP contribution in [0, 0.1) is 0 Å². The Bertz CT molecular complexity index is 319. The van der Waals surface area contributed by atoms with Gasteiger partial charge in [0.05, 0.1) is 11.6 Å². The summed E-state index contributed by atoms with van der Waals surface area (Å²) in [7, 11) is 0. The van der Waals surface area contributed by atoms with Crippen LogP contribution in [0.25, 0.3) is 0 Å². The molecule has 1 fully saturated rings. The van der Waals surface area contributed by atoms with Crippen LogP contribution in [0.15, 0.2) is 0 Å². The normalized spacial score (nSPS) is 23.0. The van der Waals surface area contributed by atoms with Crippen molar-refractivity contribution < 1.29 is 0 Å². The van der Waals surface area contributed by atoms with Gasteiger partial charge in [-0.2, -0.15) is 4.80 Å². The number of nitrogens with one attached hydrogen (secondary N) is 1. The van der Waals surface area contributed by atoms with Crippen LogP contribution in [0.1, 0.15) is 51.9 Å². The van der Waals surface area contributed by atoms with Gasteiger partial charge < -0.3 is 5.32 Å². The van der Waals surface area contributed by atoms with Gasteiger partial charge in [0.2, 0.25) is 0 Å². The third kappa shape index (κ3) is 2.34. The lowest BCUT2D eigenvalue weighted by Crippen LogP contribution is -2.28. The van der Waals surface area contributed by atoms with E-state index in [4.69, 9.17) is 0 Å². The van der Waals surface area contributed by atoms with Gasteiger partial charge in [0.1, 0.15) is 0 Å². The molecule has 0 aliphatic carbocycles. The molecule has 0 bridgehead atoms. The smallest absolute Gasteiger partial charge is 0.191 e. The van der Waals surface area contributed by atoms with Gasteiger partial charge in [-0.15, -0.1) is 10.2 Å². The van der Waals surface area contributed by atoms with Crippen molar-refractivity contribution >= 4 is 0 Å². The first kappa shape index (κ1) is 10.5. The van der Waals surface area contributed by atoms with Crippen LogP contribution in [0.5, 0.6) is 0 Å². The molecule has 2 heterocycles. The molecule has 0 amide bonds. The van der Waals surface area contributed by atoms with Crippen LogP contribution in [0.3, 0.4) is 0 Å². The molecular formula is C10H19N5. The maximum absolute atomic E-state index is 4.44. The lowest BCUT2D eigenvalue weighted by molar-refractivity contribution is 0.302. The Labute approximate surface area is 90.2 Å². The van der Waals surface area contributed by atoms with Crippen molar-refractivity contribution in [1.82, 2.24) is 25.5 Å². The van der Waals surface area contributed by atoms with Gasteiger partial charge in [0.25, 0.3) is 0 Å². The zero-order valence-corrected chi connectivity index (χ0v) is 9.69. The molecule has 1 aliphatic rings. The van der Waals surface area contributed by atoms with E-state index in [1.54, 1.807) is 4.80 Å². The van der Waals surface area contributed by atoms with E-state index in [2.05, 4.69) is 41.5 Å². The predicted molar refractivity (Wildman–Crippen MR) is 57.4 cm³/mol. The molecule has 1 aliphatic heterocycles. The number of hydrogen-bond donors (Lipinski definition) is 1. The van der Waals surface area contributed by atoms with Gasteiger partial charge >= 0.3 is 0 Å². The number of tetrazole rings is 1. The van der Waals surface area contributed by atoms with E-state index in [0.717, 1.165) is 18.8 Å². The third-order valence-electron chi connectivity index (χ3n) is 2.65. The molecule has 0 radical (unpaired) electrons. The summed E-state index contributed by atoms with van der Waals surface area (Å²) in [6.45, 7) is 7.29. The molecule has 2 rings (SSSR count). The average Bonchev–Trinajstić information content (AvgIpc) is 2.67. The number of nitrogens with zero attached hydrogens (tertiary/aromatic N) is 4. The summed E-state index contributed by atoms with van der Waals surface area (Å²) in [5.74, 6) is 0.838. The van der Waals surface area contributed by atoms with Gasteiger partial charge in [0.15, 0.2) is 5.82 Å². The fraction of sp³-hybridized carbons (Fsp3) is 0.900. The van der Waals surface area contributed by atoms with Crippen molar-refractivity contribution in [3.63, 3.8) is 0 Å². The van der Waals surface area contributed by atoms with Gasteiger partial charge in [-0.25, -0.2) is 0 Å². The lowest BCUT2D eigenvalue weighted by atomic mass is 10.0. The molecule has 0 saturated carbocycles. The maximum atomic E-state index is 4.44. The van der Waals surface area contributed by atoms with Gasteiger partial charge in [-0.3, -0.25) is 0 Å². The molecule has 15 heavy (non-hydrogen) atoms. The van der Waals surface area contributed by atoms with Crippen LogP contribution < -0.4 is 5.32 Å². The average molecular weight is 209 g/mol. The fourth-order valence-electron chi connectivity index (χ4n) is 1.72. The molecule has 1 unspecified atom stereocenters. The number of rotatable bonds is 1. The van der Waals surface area contributed by atoms with Crippen LogP contribution in [-0.4, -0.2) is 26.8 Å². The quantitative estimate of drug-likeness (QED) is 0.756. The highest BCUT2D eigenvalue weighted by Crippen LogP contribution is 2.20. The molecule has 1 aromatic heterocycles. The van der Waals surface area contributed by atoms with E-state index in [1.807, 2.05) is 0 Å². The second-order valence-electron chi connectivity index (χ2n) is 5.11. The Hall–Kier alpha value is -0.970. The summed E-state index contributed by atoms with van der Waals surface area (Å²) in [5, 5.41) is 16.1. The zero-order chi connectivity index (χ0) is 10.9. The second-order valence-corrected chi connectivity index (χ2v) is 5.11. The number of piperidine rings is 1. The molecule has 0 aromatic carbocycles. The van der Waals surface area contributed by atoms with E-state index < -0.39 is 0 Å². The van der Waals surface area contributed by atoms with Crippen molar-refractivity contribution in [2.24, 2.45) is 0 Å². The molecule has 84 valence electrons. The minimum Gasteiger partial charge on any atom is -0.307 e. The molecule has 1 aromatic rings. The van der Waals surface area contributed by atoms with E-state index in [9.17, 15) is 0 Å². The molecular weight excluding hydrogens is 190 g/mol. The number of hydrogen-bond acceptors (Lipinski definition) is 4. The molecule has 1 saturated heterocycles. The Morgan fingerprint density at radius 3 is 2.67 bits per heavy atom. The largest absolute Gasteiger partial charge is 0.307 e. The monoisotopic (exact) mass is 209 g/mol. The van der Waals surface area contributed by atoms with E-state index in [0.29, 0.717) is 6.04 Å². The maximum Gasteiger partial charge on any atom is 0.191 e. The van der Waals surface area contributed by atoms with E-state index in [1.165, 1.54) is 12.8 Å². The first-order chi connectivity index (χ1) is 7.07.